The van der Waals surface area contributed by atoms with Crippen LogP contribution in [0, 0.1) is 0 Å². The zero-order chi connectivity index (χ0) is 13.6. The van der Waals surface area contributed by atoms with Crippen LogP contribution in [-0.4, -0.2) is 5.79 Å². The number of alkyl halides is 1. The van der Waals surface area contributed by atoms with Gasteiger partial charge >= 0.3 is 0 Å². The molecule has 0 saturated heterocycles. The monoisotopic (exact) mass is 268 g/mol. The van der Waals surface area contributed by atoms with Crippen molar-refractivity contribution in [3.8, 4) is 5.75 Å². The summed E-state index contributed by atoms with van der Waals surface area (Å²) in [4.78, 5) is 0. The number of benzene rings is 1. The molecule has 1 aliphatic rings. The van der Waals surface area contributed by atoms with Crippen LogP contribution in [0.25, 0.3) is 0 Å². The van der Waals surface area contributed by atoms with E-state index in [-0.39, 0.29) is 5.41 Å². The van der Waals surface area contributed by atoms with Crippen molar-refractivity contribution in [1.82, 2.24) is 0 Å². The molecule has 0 bridgehead atoms. The van der Waals surface area contributed by atoms with E-state index < -0.39 is 5.79 Å². The van der Waals surface area contributed by atoms with E-state index >= 15 is 0 Å². The van der Waals surface area contributed by atoms with Gasteiger partial charge in [0.05, 0.1) is 12.5 Å². The second-order valence-electron chi connectivity index (χ2n) is 6.30. The third kappa shape index (κ3) is 2.65. The standard InChI is InChI=1S/C15H21ClO2/c1-14(2,3)12-6-10(8-16)13-11(7-12)9-17-15(4,5)18-13/h6-7H,8-9H2,1-5H3. The van der Waals surface area contributed by atoms with E-state index in [4.69, 9.17) is 21.1 Å². The summed E-state index contributed by atoms with van der Waals surface area (Å²) in [5.41, 5.74) is 3.51. The topological polar surface area (TPSA) is 18.5 Å². The van der Waals surface area contributed by atoms with Crippen LogP contribution in [-0.2, 0) is 22.6 Å². The van der Waals surface area contributed by atoms with Crippen LogP contribution in [0.4, 0.5) is 0 Å². The van der Waals surface area contributed by atoms with Gasteiger partial charge in [0.25, 0.3) is 0 Å². The molecule has 1 aromatic rings. The molecule has 1 aromatic carbocycles. The summed E-state index contributed by atoms with van der Waals surface area (Å²) in [7, 11) is 0. The second-order valence-corrected chi connectivity index (χ2v) is 6.57. The van der Waals surface area contributed by atoms with Crippen molar-refractivity contribution >= 4 is 11.6 Å². The first-order chi connectivity index (χ1) is 8.23. The van der Waals surface area contributed by atoms with E-state index in [9.17, 15) is 0 Å². The van der Waals surface area contributed by atoms with Gasteiger partial charge in [0.1, 0.15) is 5.75 Å². The molecule has 2 rings (SSSR count). The van der Waals surface area contributed by atoms with Crippen LogP contribution in [0.15, 0.2) is 12.1 Å². The number of hydrogen-bond acceptors (Lipinski definition) is 2. The highest BCUT2D eigenvalue weighted by atomic mass is 35.5. The molecule has 0 N–H and O–H groups in total. The van der Waals surface area contributed by atoms with Gasteiger partial charge in [-0.05, 0) is 17.0 Å². The molecule has 100 valence electrons. The number of rotatable bonds is 1. The lowest BCUT2D eigenvalue weighted by Gasteiger charge is -2.35. The molecule has 0 unspecified atom stereocenters. The molecule has 0 aromatic heterocycles. The van der Waals surface area contributed by atoms with E-state index in [1.807, 2.05) is 13.8 Å². The zero-order valence-electron chi connectivity index (χ0n) is 11.8. The van der Waals surface area contributed by atoms with Crippen molar-refractivity contribution < 1.29 is 9.47 Å². The summed E-state index contributed by atoms with van der Waals surface area (Å²) in [5.74, 6) is 0.786. The Morgan fingerprint density at radius 2 is 1.94 bits per heavy atom. The first kappa shape index (κ1) is 13.7. The Bertz CT molecular complexity index is 441. The van der Waals surface area contributed by atoms with E-state index in [0.717, 1.165) is 16.9 Å². The van der Waals surface area contributed by atoms with Gasteiger partial charge < -0.3 is 9.47 Å². The summed E-state index contributed by atoms with van der Waals surface area (Å²) in [6.07, 6.45) is 0. The fourth-order valence-electron chi connectivity index (χ4n) is 2.05. The van der Waals surface area contributed by atoms with Crippen LogP contribution in [0.2, 0.25) is 0 Å². The van der Waals surface area contributed by atoms with Crippen LogP contribution < -0.4 is 4.74 Å². The first-order valence-corrected chi connectivity index (χ1v) is 6.81. The van der Waals surface area contributed by atoms with Crippen molar-refractivity contribution in [2.75, 3.05) is 0 Å². The van der Waals surface area contributed by atoms with Crippen molar-refractivity contribution in [1.29, 1.82) is 0 Å². The van der Waals surface area contributed by atoms with Gasteiger partial charge in [0.15, 0.2) is 0 Å². The Kier molecular flexibility index (Phi) is 3.37. The Hall–Kier alpha value is -0.730. The molecule has 1 aliphatic heterocycles. The Labute approximate surface area is 114 Å². The van der Waals surface area contributed by atoms with Gasteiger partial charge in [0, 0.05) is 25.0 Å². The summed E-state index contributed by atoms with van der Waals surface area (Å²) >= 11 is 6.06. The van der Waals surface area contributed by atoms with E-state index in [1.54, 1.807) is 0 Å². The fraction of sp³-hybridized carbons (Fsp3) is 0.600. The Balaban J connectivity index is 2.52. The van der Waals surface area contributed by atoms with Gasteiger partial charge in [-0.3, -0.25) is 0 Å². The molecule has 0 amide bonds. The molecule has 18 heavy (non-hydrogen) atoms. The Morgan fingerprint density at radius 3 is 2.50 bits per heavy atom. The predicted molar refractivity (Wildman–Crippen MR) is 74.2 cm³/mol. The normalized spacial score (nSPS) is 18.1. The summed E-state index contributed by atoms with van der Waals surface area (Å²) < 4.78 is 11.6. The highest BCUT2D eigenvalue weighted by molar-refractivity contribution is 6.17. The molecule has 3 heteroatoms. The predicted octanol–water partition coefficient (Wildman–Crippen LogP) is 4.37. The highest BCUT2D eigenvalue weighted by Crippen LogP contribution is 2.38. The van der Waals surface area contributed by atoms with Crippen molar-refractivity contribution in [3.63, 3.8) is 0 Å². The number of ether oxygens (including phenoxy) is 2. The summed E-state index contributed by atoms with van der Waals surface area (Å²) in [5, 5.41) is 0. The van der Waals surface area contributed by atoms with Crippen LogP contribution >= 0.6 is 11.6 Å². The second kappa shape index (κ2) is 4.43. The molecule has 0 saturated carbocycles. The quantitative estimate of drug-likeness (QED) is 0.704. The average Bonchev–Trinajstić information content (AvgIpc) is 2.25. The molecular weight excluding hydrogens is 248 g/mol. The largest absolute Gasteiger partial charge is 0.462 e. The minimum atomic E-state index is -0.572. The number of hydrogen-bond donors (Lipinski definition) is 0. The van der Waals surface area contributed by atoms with E-state index in [2.05, 4.69) is 32.9 Å². The minimum Gasteiger partial charge on any atom is -0.462 e. The molecule has 2 nitrogen and oxygen atoms in total. The van der Waals surface area contributed by atoms with E-state index in [1.165, 1.54) is 5.56 Å². The number of halogens is 1. The molecule has 0 aliphatic carbocycles. The minimum absolute atomic E-state index is 0.100. The van der Waals surface area contributed by atoms with Crippen LogP contribution in [0.5, 0.6) is 5.75 Å². The van der Waals surface area contributed by atoms with Crippen molar-refractivity contribution in [2.45, 2.75) is 58.3 Å². The van der Waals surface area contributed by atoms with Gasteiger partial charge in [-0.2, -0.15) is 0 Å². The van der Waals surface area contributed by atoms with Crippen molar-refractivity contribution in [3.05, 3.63) is 28.8 Å². The molecule has 0 fully saturated rings. The van der Waals surface area contributed by atoms with Crippen molar-refractivity contribution in [2.24, 2.45) is 0 Å². The molecule has 1 heterocycles. The summed E-state index contributed by atoms with van der Waals surface area (Å²) in [6, 6.07) is 4.31. The van der Waals surface area contributed by atoms with Gasteiger partial charge in [-0.1, -0.05) is 26.8 Å². The molecule has 0 atom stereocenters. The maximum Gasteiger partial charge on any atom is 0.205 e. The maximum atomic E-state index is 6.06. The van der Waals surface area contributed by atoms with Gasteiger partial charge in [-0.25, -0.2) is 0 Å². The third-order valence-corrected chi connectivity index (χ3v) is 3.46. The highest BCUT2D eigenvalue weighted by Gasteiger charge is 2.30. The SMILES string of the molecule is CC1(C)OCc2cc(C(C)(C)C)cc(CCl)c2O1. The van der Waals surface area contributed by atoms with E-state index in [0.29, 0.717) is 12.5 Å². The average molecular weight is 269 g/mol. The summed E-state index contributed by atoms with van der Waals surface area (Å²) in [6.45, 7) is 11.0. The van der Waals surface area contributed by atoms with Gasteiger partial charge in [0.2, 0.25) is 5.79 Å². The first-order valence-electron chi connectivity index (χ1n) is 6.28. The van der Waals surface area contributed by atoms with Crippen LogP contribution in [0.1, 0.15) is 51.3 Å². The van der Waals surface area contributed by atoms with Crippen LogP contribution in [0.3, 0.4) is 0 Å². The number of fused-ring (bicyclic) bond motifs is 1. The lowest BCUT2D eigenvalue weighted by atomic mass is 9.84. The smallest absolute Gasteiger partial charge is 0.205 e. The third-order valence-electron chi connectivity index (χ3n) is 3.18. The molecule has 0 radical (unpaired) electrons. The molecule has 0 spiro atoms. The molecular formula is C15H21ClO2. The fourth-order valence-corrected chi connectivity index (χ4v) is 2.25. The Morgan fingerprint density at radius 1 is 1.28 bits per heavy atom. The lowest BCUT2D eigenvalue weighted by molar-refractivity contribution is -0.180. The lowest BCUT2D eigenvalue weighted by Crippen LogP contribution is -2.36. The van der Waals surface area contributed by atoms with Gasteiger partial charge in [-0.15, -0.1) is 11.6 Å². The maximum absolute atomic E-state index is 6.06. The zero-order valence-corrected chi connectivity index (χ0v) is 12.5.